The van der Waals surface area contributed by atoms with Crippen LogP contribution in [0.2, 0.25) is 0 Å². The molecule has 0 bridgehead atoms. The smallest absolute Gasteiger partial charge is 0.416 e. The van der Waals surface area contributed by atoms with Crippen molar-refractivity contribution in [1.29, 1.82) is 0 Å². The molecule has 0 aromatic heterocycles. The van der Waals surface area contributed by atoms with Crippen LogP contribution in [-0.4, -0.2) is 12.1 Å². The summed E-state index contributed by atoms with van der Waals surface area (Å²) in [6, 6.07) is 21.0. The van der Waals surface area contributed by atoms with Crippen LogP contribution in [0.25, 0.3) is 0 Å². The lowest BCUT2D eigenvalue weighted by Gasteiger charge is -2.08. The highest BCUT2D eigenvalue weighted by molar-refractivity contribution is 5.83. The number of hydrogen-bond donors (Lipinski definition) is 1. The second kappa shape index (κ2) is 9.05. The number of carbonyl (C=O) groups excluding carboxylic acids is 1. The first-order valence-electron chi connectivity index (χ1n) is 8.71. The van der Waals surface area contributed by atoms with E-state index in [1.165, 1.54) is 18.3 Å². The van der Waals surface area contributed by atoms with E-state index in [0.29, 0.717) is 17.1 Å². The van der Waals surface area contributed by atoms with E-state index in [1.807, 2.05) is 30.3 Å². The van der Waals surface area contributed by atoms with Crippen molar-refractivity contribution in [2.75, 3.05) is 0 Å². The van der Waals surface area contributed by atoms with Gasteiger partial charge in [-0.3, -0.25) is 4.79 Å². The monoisotopic (exact) mass is 398 g/mol. The largest absolute Gasteiger partial charge is 0.457 e. The van der Waals surface area contributed by atoms with Gasteiger partial charge in [-0.1, -0.05) is 48.5 Å². The number of alkyl halides is 3. The second-order valence-corrected chi connectivity index (χ2v) is 6.16. The van der Waals surface area contributed by atoms with Crippen molar-refractivity contribution < 1.29 is 22.7 Å². The normalized spacial score (nSPS) is 11.4. The molecule has 0 radical (unpaired) electrons. The highest BCUT2D eigenvalue weighted by Gasteiger charge is 2.30. The van der Waals surface area contributed by atoms with Crippen LogP contribution in [0.5, 0.6) is 11.5 Å². The van der Waals surface area contributed by atoms with Gasteiger partial charge in [0.05, 0.1) is 18.2 Å². The van der Waals surface area contributed by atoms with E-state index in [0.717, 1.165) is 12.1 Å². The number of nitrogens with one attached hydrogen (secondary N) is 1. The molecule has 0 aliphatic heterocycles. The summed E-state index contributed by atoms with van der Waals surface area (Å²) < 4.78 is 43.9. The zero-order valence-electron chi connectivity index (χ0n) is 15.2. The topological polar surface area (TPSA) is 50.7 Å². The molecule has 1 amide bonds. The Kier molecular flexibility index (Phi) is 6.29. The zero-order valence-corrected chi connectivity index (χ0v) is 15.2. The van der Waals surface area contributed by atoms with E-state index in [4.69, 9.17) is 4.74 Å². The van der Waals surface area contributed by atoms with E-state index < -0.39 is 17.6 Å². The van der Waals surface area contributed by atoms with Gasteiger partial charge >= 0.3 is 6.18 Å². The first-order valence-corrected chi connectivity index (χ1v) is 8.71. The zero-order chi connectivity index (χ0) is 20.7. The van der Waals surface area contributed by atoms with E-state index in [9.17, 15) is 18.0 Å². The van der Waals surface area contributed by atoms with Gasteiger partial charge in [-0.05, 0) is 41.5 Å². The third-order valence-corrected chi connectivity index (χ3v) is 3.86. The van der Waals surface area contributed by atoms with Crippen LogP contribution >= 0.6 is 0 Å². The van der Waals surface area contributed by atoms with Crippen LogP contribution < -0.4 is 10.2 Å². The van der Waals surface area contributed by atoms with Gasteiger partial charge in [0.1, 0.15) is 11.5 Å². The molecule has 0 heterocycles. The van der Waals surface area contributed by atoms with Gasteiger partial charge < -0.3 is 4.74 Å². The molecule has 0 atom stereocenters. The minimum absolute atomic E-state index is 0.210. The lowest BCUT2D eigenvalue weighted by atomic mass is 10.1. The summed E-state index contributed by atoms with van der Waals surface area (Å²) in [6.45, 7) is 0. The van der Waals surface area contributed by atoms with Gasteiger partial charge in [0.15, 0.2) is 0 Å². The maximum absolute atomic E-state index is 12.7. The fourth-order valence-corrected chi connectivity index (χ4v) is 2.54. The molecule has 0 saturated carbocycles. The molecule has 148 valence electrons. The molecule has 0 saturated heterocycles. The molecule has 1 N–H and O–H groups in total. The minimum atomic E-state index is -4.45. The van der Waals surface area contributed by atoms with E-state index >= 15 is 0 Å². The third kappa shape index (κ3) is 6.21. The average molecular weight is 398 g/mol. The Morgan fingerprint density at radius 1 is 0.931 bits per heavy atom. The number of rotatable bonds is 6. The van der Waals surface area contributed by atoms with Crippen molar-refractivity contribution in [1.82, 2.24) is 5.43 Å². The molecule has 3 rings (SSSR count). The number of hydrogen-bond acceptors (Lipinski definition) is 3. The quantitative estimate of drug-likeness (QED) is 0.459. The van der Waals surface area contributed by atoms with Crippen molar-refractivity contribution >= 4 is 12.1 Å². The molecule has 3 aromatic rings. The fraction of sp³-hybridized carbons (Fsp3) is 0.0909. The predicted octanol–water partition coefficient (Wildman–Crippen LogP) is 5.19. The summed E-state index contributed by atoms with van der Waals surface area (Å²) in [7, 11) is 0. The SMILES string of the molecule is O=C(Cc1cccc(C(F)(F)F)c1)N/N=C/c1cccc(Oc2ccccc2)c1. The van der Waals surface area contributed by atoms with Gasteiger partial charge in [0.2, 0.25) is 5.91 Å². The Balaban J connectivity index is 1.57. The standard InChI is InChI=1S/C22H17F3N2O2/c23-22(24,25)18-8-4-6-16(12-18)14-21(28)27-26-15-17-7-5-11-20(13-17)29-19-9-2-1-3-10-19/h1-13,15H,14H2,(H,27,28)/b26-15+. The van der Waals surface area contributed by atoms with Crippen LogP contribution in [0.15, 0.2) is 84.0 Å². The van der Waals surface area contributed by atoms with Crippen molar-refractivity contribution in [2.24, 2.45) is 5.10 Å². The lowest BCUT2D eigenvalue weighted by molar-refractivity contribution is -0.137. The first-order chi connectivity index (χ1) is 13.9. The molecule has 7 heteroatoms. The van der Waals surface area contributed by atoms with E-state index in [2.05, 4.69) is 10.5 Å². The molecular weight excluding hydrogens is 381 g/mol. The number of ether oxygens (including phenoxy) is 1. The molecule has 29 heavy (non-hydrogen) atoms. The van der Waals surface area contributed by atoms with Gasteiger partial charge in [0, 0.05) is 0 Å². The van der Waals surface area contributed by atoms with Crippen molar-refractivity contribution in [3.05, 3.63) is 95.6 Å². The maximum Gasteiger partial charge on any atom is 0.416 e. The molecule has 0 aliphatic rings. The molecular formula is C22H17F3N2O2. The molecule has 0 aliphatic carbocycles. The summed E-state index contributed by atoms with van der Waals surface area (Å²) in [6.07, 6.45) is -3.22. The Hall–Kier alpha value is -3.61. The van der Waals surface area contributed by atoms with Crippen LogP contribution in [0.4, 0.5) is 13.2 Å². The van der Waals surface area contributed by atoms with Crippen molar-refractivity contribution in [2.45, 2.75) is 12.6 Å². The third-order valence-electron chi connectivity index (χ3n) is 3.86. The van der Waals surface area contributed by atoms with Crippen LogP contribution in [0.1, 0.15) is 16.7 Å². The minimum Gasteiger partial charge on any atom is -0.457 e. The van der Waals surface area contributed by atoms with Gasteiger partial charge in [-0.2, -0.15) is 18.3 Å². The van der Waals surface area contributed by atoms with Gasteiger partial charge in [-0.25, -0.2) is 5.43 Å². The number of carbonyl (C=O) groups is 1. The van der Waals surface area contributed by atoms with Gasteiger partial charge in [0.25, 0.3) is 0 Å². The highest BCUT2D eigenvalue weighted by atomic mass is 19.4. The second-order valence-electron chi connectivity index (χ2n) is 6.16. The number of para-hydroxylation sites is 1. The first kappa shape index (κ1) is 20.1. The summed E-state index contributed by atoms with van der Waals surface area (Å²) in [4.78, 5) is 11.9. The molecule has 0 spiro atoms. The van der Waals surface area contributed by atoms with E-state index in [1.54, 1.807) is 24.3 Å². The summed E-state index contributed by atoms with van der Waals surface area (Å²) in [5.41, 5.74) is 2.47. The van der Waals surface area contributed by atoms with Gasteiger partial charge in [-0.15, -0.1) is 0 Å². The Labute approximate surface area is 165 Å². The summed E-state index contributed by atoms with van der Waals surface area (Å²) >= 11 is 0. The Bertz CT molecular complexity index is 1000. The lowest BCUT2D eigenvalue weighted by Crippen LogP contribution is -2.20. The Morgan fingerprint density at radius 2 is 1.66 bits per heavy atom. The molecule has 4 nitrogen and oxygen atoms in total. The van der Waals surface area contributed by atoms with E-state index in [-0.39, 0.29) is 12.0 Å². The van der Waals surface area contributed by atoms with Crippen LogP contribution in [-0.2, 0) is 17.4 Å². The highest BCUT2D eigenvalue weighted by Crippen LogP contribution is 2.29. The van der Waals surface area contributed by atoms with Crippen LogP contribution in [0, 0.1) is 0 Å². The summed E-state index contributed by atoms with van der Waals surface area (Å²) in [5, 5.41) is 3.85. The Morgan fingerprint density at radius 3 is 2.41 bits per heavy atom. The number of halogens is 3. The number of nitrogens with zero attached hydrogens (tertiary/aromatic N) is 1. The fourth-order valence-electron chi connectivity index (χ4n) is 2.54. The number of hydrazone groups is 1. The molecule has 0 fully saturated rings. The average Bonchev–Trinajstić information content (AvgIpc) is 2.69. The number of benzene rings is 3. The molecule has 3 aromatic carbocycles. The van der Waals surface area contributed by atoms with Crippen molar-refractivity contribution in [3.8, 4) is 11.5 Å². The summed E-state index contributed by atoms with van der Waals surface area (Å²) in [5.74, 6) is 0.781. The maximum atomic E-state index is 12.7. The predicted molar refractivity (Wildman–Crippen MR) is 104 cm³/mol. The number of amides is 1. The molecule has 0 unspecified atom stereocenters. The van der Waals surface area contributed by atoms with Crippen molar-refractivity contribution in [3.63, 3.8) is 0 Å². The van der Waals surface area contributed by atoms with Crippen LogP contribution in [0.3, 0.4) is 0 Å².